The van der Waals surface area contributed by atoms with Gasteiger partial charge in [0, 0.05) is 24.9 Å². The van der Waals surface area contributed by atoms with Crippen LogP contribution in [0.15, 0.2) is 36.4 Å². The molecule has 3 heterocycles. The third-order valence-corrected chi connectivity index (χ3v) is 2.67. The lowest BCUT2D eigenvalue weighted by atomic mass is 10.2. The van der Waals surface area contributed by atoms with Crippen LogP contribution in [0.2, 0.25) is 0 Å². The number of rotatable bonds is 1. The minimum Gasteiger partial charge on any atom is -0.459 e. The summed E-state index contributed by atoms with van der Waals surface area (Å²) in [6.45, 7) is 0.763. The molecule has 0 amide bonds. The Hall–Kier alpha value is -1.68. The van der Waals surface area contributed by atoms with E-state index < -0.39 is 5.79 Å². The van der Waals surface area contributed by atoms with Gasteiger partial charge in [-0.25, -0.2) is 9.97 Å². The second-order valence-corrected chi connectivity index (χ2v) is 3.85. The predicted octanol–water partition coefficient (Wildman–Crippen LogP) is 1.91. The molecule has 2 aliphatic rings. The molecule has 0 radical (unpaired) electrons. The topological polar surface area (TPSA) is 44.2 Å². The summed E-state index contributed by atoms with van der Waals surface area (Å²) in [7, 11) is 0. The van der Waals surface area contributed by atoms with Crippen molar-refractivity contribution in [2.24, 2.45) is 0 Å². The van der Waals surface area contributed by atoms with Gasteiger partial charge in [0.25, 0.3) is 0 Å². The van der Waals surface area contributed by atoms with Gasteiger partial charge in [-0.05, 0) is 24.6 Å². The molecular weight excluding hydrogens is 204 g/mol. The Labute approximate surface area is 93.6 Å². The molecule has 1 aromatic rings. The molecule has 0 bridgehead atoms. The number of aromatic nitrogens is 2. The monoisotopic (exact) mass is 216 g/mol. The average molecular weight is 216 g/mol. The highest BCUT2D eigenvalue weighted by molar-refractivity contribution is 5.48. The Morgan fingerprint density at radius 3 is 2.94 bits per heavy atom. The number of nitrogens with zero attached hydrogens (tertiary/aromatic N) is 2. The molecule has 0 unspecified atom stereocenters. The van der Waals surface area contributed by atoms with E-state index in [9.17, 15) is 0 Å². The Balaban J connectivity index is 1.80. The SMILES string of the molecule is C1=C[C@]2(CCCO2)O/C1=C/c1ncccn1. The van der Waals surface area contributed by atoms with E-state index in [0.29, 0.717) is 5.82 Å². The van der Waals surface area contributed by atoms with E-state index in [1.54, 1.807) is 18.5 Å². The van der Waals surface area contributed by atoms with E-state index >= 15 is 0 Å². The molecule has 0 aromatic carbocycles. The summed E-state index contributed by atoms with van der Waals surface area (Å²) in [4.78, 5) is 8.23. The minimum absolute atomic E-state index is 0.513. The van der Waals surface area contributed by atoms with E-state index in [2.05, 4.69) is 9.97 Å². The van der Waals surface area contributed by atoms with Crippen molar-refractivity contribution in [2.75, 3.05) is 6.61 Å². The van der Waals surface area contributed by atoms with Gasteiger partial charge in [0.15, 0.2) is 5.82 Å². The first kappa shape index (κ1) is 9.54. The zero-order valence-electron chi connectivity index (χ0n) is 8.80. The molecule has 16 heavy (non-hydrogen) atoms. The van der Waals surface area contributed by atoms with Crippen molar-refractivity contribution in [1.82, 2.24) is 9.97 Å². The minimum atomic E-state index is -0.513. The van der Waals surface area contributed by atoms with Crippen LogP contribution in [0, 0.1) is 0 Å². The van der Waals surface area contributed by atoms with Crippen molar-refractivity contribution in [1.29, 1.82) is 0 Å². The predicted molar refractivity (Wildman–Crippen MR) is 58.2 cm³/mol. The molecule has 0 saturated carbocycles. The first-order chi connectivity index (χ1) is 7.86. The molecular formula is C12H12N2O2. The molecule has 1 aromatic heterocycles. The highest BCUT2D eigenvalue weighted by Gasteiger charge is 2.38. The van der Waals surface area contributed by atoms with Crippen molar-refractivity contribution in [2.45, 2.75) is 18.6 Å². The van der Waals surface area contributed by atoms with Crippen LogP contribution in [0.4, 0.5) is 0 Å². The quantitative estimate of drug-likeness (QED) is 0.719. The summed E-state index contributed by atoms with van der Waals surface area (Å²) < 4.78 is 11.3. The van der Waals surface area contributed by atoms with Gasteiger partial charge in [-0.3, -0.25) is 0 Å². The summed E-state index contributed by atoms with van der Waals surface area (Å²) in [6, 6.07) is 1.79. The van der Waals surface area contributed by atoms with Crippen molar-refractivity contribution in [3.8, 4) is 0 Å². The van der Waals surface area contributed by atoms with Crippen LogP contribution in [-0.4, -0.2) is 22.4 Å². The summed E-state index contributed by atoms with van der Waals surface area (Å²) >= 11 is 0. The molecule has 0 aliphatic carbocycles. The summed E-state index contributed by atoms with van der Waals surface area (Å²) in [5.74, 6) is 0.894. The van der Waals surface area contributed by atoms with E-state index in [4.69, 9.17) is 9.47 Å². The number of allylic oxidation sites excluding steroid dienone is 1. The van der Waals surface area contributed by atoms with Crippen LogP contribution < -0.4 is 0 Å². The van der Waals surface area contributed by atoms with Gasteiger partial charge in [0.05, 0.1) is 6.61 Å². The van der Waals surface area contributed by atoms with Gasteiger partial charge in [-0.1, -0.05) is 0 Å². The Morgan fingerprint density at radius 1 is 1.31 bits per heavy atom. The largest absolute Gasteiger partial charge is 0.459 e. The molecule has 1 spiro atoms. The maximum Gasteiger partial charge on any atom is 0.230 e. The van der Waals surface area contributed by atoms with Crippen LogP contribution in [0.25, 0.3) is 6.08 Å². The van der Waals surface area contributed by atoms with Crippen LogP contribution in [0.5, 0.6) is 0 Å². The Bertz CT molecular complexity index is 434. The highest BCUT2D eigenvalue weighted by atomic mass is 16.7. The maximum atomic E-state index is 5.76. The highest BCUT2D eigenvalue weighted by Crippen LogP contribution is 2.36. The molecule has 1 fully saturated rings. The van der Waals surface area contributed by atoms with Gasteiger partial charge in [-0.15, -0.1) is 0 Å². The first-order valence-electron chi connectivity index (χ1n) is 5.37. The van der Waals surface area contributed by atoms with Crippen LogP contribution in [0.3, 0.4) is 0 Å². The van der Waals surface area contributed by atoms with Crippen LogP contribution >= 0.6 is 0 Å². The number of hydrogen-bond acceptors (Lipinski definition) is 4. The second-order valence-electron chi connectivity index (χ2n) is 3.85. The second kappa shape index (κ2) is 3.72. The van der Waals surface area contributed by atoms with Crippen molar-refractivity contribution in [3.63, 3.8) is 0 Å². The van der Waals surface area contributed by atoms with Crippen molar-refractivity contribution >= 4 is 6.08 Å². The fraction of sp³-hybridized carbons (Fsp3) is 0.333. The van der Waals surface area contributed by atoms with Crippen LogP contribution in [-0.2, 0) is 9.47 Å². The van der Waals surface area contributed by atoms with Crippen LogP contribution in [0.1, 0.15) is 18.7 Å². The van der Waals surface area contributed by atoms with Crippen molar-refractivity contribution in [3.05, 3.63) is 42.2 Å². The Morgan fingerprint density at radius 2 is 2.19 bits per heavy atom. The summed E-state index contributed by atoms with van der Waals surface area (Å²) in [5, 5.41) is 0. The summed E-state index contributed by atoms with van der Waals surface area (Å²) in [5.41, 5.74) is 0. The van der Waals surface area contributed by atoms with E-state index in [0.717, 1.165) is 25.2 Å². The lowest BCUT2D eigenvalue weighted by Crippen LogP contribution is -2.24. The fourth-order valence-corrected chi connectivity index (χ4v) is 1.91. The molecule has 82 valence electrons. The third-order valence-electron chi connectivity index (χ3n) is 2.67. The van der Waals surface area contributed by atoms with Gasteiger partial charge in [0.2, 0.25) is 5.79 Å². The zero-order chi connectivity index (χ0) is 10.8. The first-order valence-corrected chi connectivity index (χ1v) is 5.37. The summed E-state index contributed by atoms with van der Waals surface area (Å²) in [6.07, 6.45) is 11.1. The maximum absolute atomic E-state index is 5.76. The molecule has 3 rings (SSSR count). The molecule has 1 atom stereocenters. The molecule has 4 nitrogen and oxygen atoms in total. The third kappa shape index (κ3) is 1.72. The fourth-order valence-electron chi connectivity index (χ4n) is 1.91. The van der Waals surface area contributed by atoms with E-state index in [-0.39, 0.29) is 0 Å². The Kier molecular flexibility index (Phi) is 2.22. The van der Waals surface area contributed by atoms with Gasteiger partial charge in [-0.2, -0.15) is 0 Å². The molecule has 4 heteroatoms. The zero-order valence-corrected chi connectivity index (χ0v) is 8.80. The molecule has 2 aliphatic heterocycles. The number of ether oxygens (including phenoxy) is 2. The molecule has 0 N–H and O–H groups in total. The lowest BCUT2D eigenvalue weighted by Gasteiger charge is -2.20. The average Bonchev–Trinajstić information content (AvgIpc) is 2.92. The van der Waals surface area contributed by atoms with Gasteiger partial charge in [0.1, 0.15) is 5.76 Å². The van der Waals surface area contributed by atoms with Crippen molar-refractivity contribution < 1.29 is 9.47 Å². The van der Waals surface area contributed by atoms with Gasteiger partial charge < -0.3 is 9.47 Å². The lowest BCUT2D eigenvalue weighted by molar-refractivity contribution is -0.135. The van der Waals surface area contributed by atoms with E-state index in [1.807, 2.05) is 18.2 Å². The standard InChI is InChI=1S/C12H12N2O2/c1-4-12(15-8-1)5-3-10(16-12)9-11-13-6-2-7-14-11/h2-3,5-7,9H,1,4,8H2/b10-9+/t12-/m0/s1. The van der Waals surface area contributed by atoms with Gasteiger partial charge >= 0.3 is 0 Å². The number of hydrogen-bond donors (Lipinski definition) is 0. The smallest absolute Gasteiger partial charge is 0.230 e. The molecule has 1 saturated heterocycles. The van der Waals surface area contributed by atoms with E-state index in [1.165, 1.54) is 0 Å². The normalized spacial score (nSPS) is 30.1.